The summed E-state index contributed by atoms with van der Waals surface area (Å²) in [5.74, 6) is 0. The Labute approximate surface area is 113 Å². The van der Waals surface area contributed by atoms with Crippen LogP contribution >= 0.6 is 15.9 Å². The van der Waals surface area contributed by atoms with Gasteiger partial charge in [0.1, 0.15) is 0 Å². The van der Waals surface area contributed by atoms with Gasteiger partial charge in [0.2, 0.25) is 0 Å². The highest BCUT2D eigenvalue weighted by Gasteiger charge is 2.26. The maximum absolute atomic E-state index is 3.69. The van der Waals surface area contributed by atoms with E-state index in [1.807, 2.05) is 0 Å². The van der Waals surface area contributed by atoms with E-state index in [1.54, 1.807) is 0 Å². The Bertz CT molecular complexity index is 388. The summed E-state index contributed by atoms with van der Waals surface area (Å²) < 4.78 is 1.16. The van der Waals surface area contributed by atoms with Gasteiger partial charge in [0.05, 0.1) is 0 Å². The van der Waals surface area contributed by atoms with E-state index in [9.17, 15) is 0 Å². The highest BCUT2D eigenvalue weighted by Crippen LogP contribution is 2.36. The first-order valence-corrected chi connectivity index (χ1v) is 7.28. The first-order valence-electron chi connectivity index (χ1n) is 6.49. The molecule has 2 rings (SSSR count). The molecule has 0 amide bonds. The van der Waals surface area contributed by atoms with Gasteiger partial charge in [-0.3, -0.25) is 0 Å². The van der Waals surface area contributed by atoms with Crippen LogP contribution in [0.5, 0.6) is 0 Å². The van der Waals surface area contributed by atoms with E-state index in [-0.39, 0.29) is 0 Å². The van der Waals surface area contributed by atoms with Gasteiger partial charge in [-0.15, -0.1) is 0 Å². The smallest absolute Gasteiger partial charge is 0.0372 e. The first-order chi connectivity index (χ1) is 7.96. The molecule has 0 spiro atoms. The van der Waals surface area contributed by atoms with Gasteiger partial charge in [0, 0.05) is 16.2 Å². The molecule has 1 aliphatic rings. The van der Waals surface area contributed by atoms with Crippen molar-refractivity contribution in [3.05, 3.63) is 28.2 Å². The normalized spacial score (nSPS) is 20.2. The molecule has 1 fully saturated rings. The van der Waals surface area contributed by atoms with E-state index in [2.05, 4.69) is 60.2 Å². The lowest BCUT2D eigenvalue weighted by Crippen LogP contribution is -2.30. The number of halogens is 1. The molecule has 1 aromatic rings. The van der Waals surface area contributed by atoms with Crippen molar-refractivity contribution in [3.63, 3.8) is 0 Å². The number of nitrogens with one attached hydrogen (secondary N) is 1. The fourth-order valence-corrected chi connectivity index (χ4v) is 3.03. The lowest BCUT2D eigenvalue weighted by atomic mass is 9.75. The van der Waals surface area contributed by atoms with Crippen LogP contribution < -0.4 is 5.32 Å². The summed E-state index contributed by atoms with van der Waals surface area (Å²) in [6.45, 7) is 6.93. The molecule has 1 N–H and O–H groups in total. The molecule has 2 heteroatoms. The minimum atomic E-state index is 0.549. The molecule has 94 valence electrons. The van der Waals surface area contributed by atoms with E-state index in [4.69, 9.17) is 0 Å². The van der Waals surface area contributed by atoms with E-state index >= 15 is 0 Å². The van der Waals surface area contributed by atoms with Crippen molar-refractivity contribution in [2.24, 2.45) is 5.41 Å². The maximum Gasteiger partial charge on any atom is 0.0372 e. The first kappa shape index (κ1) is 12.9. The maximum atomic E-state index is 3.69. The Morgan fingerprint density at radius 2 is 1.88 bits per heavy atom. The minimum Gasteiger partial charge on any atom is -0.382 e. The molecular weight excluding hydrogens is 274 g/mol. The number of rotatable bonds is 2. The van der Waals surface area contributed by atoms with Crippen LogP contribution in [0.25, 0.3) is 0 Å². The molecule has 0 atom stereocenters. The largest absolute Gasteiger partial charge is 0.382 e. The van der Waals surface area contributed by atoms with Gasteiger partial charge in [0.15, 0.2) is 0 Å². The third kappa shape index (κ3) is 3.48. The second-order valence-corrected chi connectivity index (χ2v) is 6.96. The highest BCUT2D eigenvalue weighted by molar-refractivity contribution is 9.10. The standard InChI is InChI=1S/C15H22BrN/c1-11-10-12(16)4-5-14(11)17-13-6-8-15(2,3)9-7-13/h4-5,10,13,17H,6-9H2,1-3H3. The van der Waals surface area contributed by atoms with Gasteiger partial charge in [-0.05, 0) is 61.8 Å². The number of hydrogen-bond acceptors (Lipinski definition) is 1. The van der Waals surface area contributed by atoms with Gasteiger partial charge in [-0.25, -0.2) is 0 Å². The third-order valence-corrected chi connectivity index (χ3v) is 4.38. The number of aryl methyl sites for hydroxylation is 1. The molecule has 0 bridgehead atoms. The Hall–Kier alpha value is -0.500. The van der Waals surface area contributed by atoms with Crippen molar-refractivity contribution >= 4 is 21.6 Å². The van der Waals surface area contributed by atoms with Crippen molar-refractivity contribution < 1.29 is 0 Å². The van der Waals surface area contributed by atoms with E-state index < -0.39 is 0 Å². The van der Waals surface area contributed by atoms with Gasteiger partial charge in [-0.2, -0.15) is 0 Å². The number of benzene rings is 1. The van der Waals surface area contributed by atoms with Gasteiger partial charge < -0.3 is 5.32 Å². The van der Waals surface area contributed by atoms with Crippen LogP contribution in [0.1, 0.15) is 45.1 Å². The van der Waals surface area contributed by atoms with E-state index in [0.29, 0.717) is 11.5 Å². The Kier molecular flexibility index (Phi) is 3.82. The van der Waals surface area contributed by atoms with Gasteiger partial charge in [-0.1, -0.05) is 29.8 Å². The summed E-state index contributed by atoms with van der Waals surface area (Å²) in [6.07, 6.45) is 5.26. The molecule has 0 radical (unpaired) electrons. The Balaban J connectivity index is 1.98. The molecule has 0 aromatic heterocycles. The predicted molar refractivity (Wildman–Crippen MR) is 78.5 cm³/mol. The zero-order chi connectivity index (χ0) is 12.5. The minimum absolute atomic E-state index is 0.549. The van der Waals surface area contributed by atoms with Gasteiger partial charge in [0.25, 0.3) is 0 Å². The van der Waals surface area contributed by atoms with E-state index in [1.165, 1.54) is 36.9 Å². The van der Waals surface area contributed by atoms with Gasteiger partial charge >= 0.3 is 0 Å². The van der Waals surface area contributed by atoms with Crippen LogP contribution in [-0.4, -0.2) is 6.04 Å². The summed E-state index contributed by atoms with van der Waals surface area (Å²) in [5.41, 5.74) is 3.16. The molecule has 0 heterocycles. The lowest BCUT2D eigenvalue weighted by Gasteiger charge is -2.35. The number of anilines is 1. The SMILES string of the molecule is Cc1cc(Br)ccc1NC1CCC(C)(C)CC1. The molecule has 1 aliphatic carbocycles. The summed E-state index contributed by atoms with van der Waals surface area (Å²) in [6, 6.07) is 7.12. The van der Waals surface area contributed by atoms with Crippen molar-refractivity contribution in [1.82, 2.24) is 0 Å². The average Bonchev–Trinajstić information content (AvgIpc) is 2.25. The second kappa shape index (κ2) is 5.01. The van der Waals surface area contributed by atoms with E-state index in [0.717, 1.165) is 4.47 Å². The lowest BCUT2D eigenvalue weighted by molar-refractivity contribution is 0.232. The molecule has 1 saturated carbocycles. The van der Waals surface area contributed by atoms with Crippen LogP contribution in [0.15, 0.2) is 22.7 Å². The second-order valence-electron chi connectivity index (χ2n) is 6.04. The van der Waals surface area contributed by atoms with Crippen LogP contribution in [0, 0.1) is 12.3 Å². The fourth-order valence-electron chi connectivity index (χ4n) is 2.55. The zero-order valence-electron chi connectivity index (χ0n) is 11.0. The molecule has 17 heavy (non-hydrogen) atoms. The third-order valence-electron chi connectivity index (χ3n) is 3.89. The molecular formula is C15H22BrN. The fraction of sp³-hybridized carbons (Fsp3) is 0.600. The predicted octanol–water partition coefficient (Wildman–Crippen LogP) is 5.14. The average molecular weight is 296 g/mol. The van der Waals surface area contributed by atoms with Crippen LogP contribution in [0.2, 0.25) is 0 Å². The molecule has 0 unspecified atom stereocenters. The quantitative estimate of drug-likeness (QED) is 0.797. The Morgan fingerprint density at radius 3 is 2.47 bits per heavy atom. The van der Waals surface area contributed by atoms with Crippen molar-refractivity contribution in [3.8, 4) is 0 Å². The Morgan fingerprint density at radius 1 is 1.24 bits per heavy atom. The molecule has 1 nitrogen and oxygen atoms in total. The molecule has 0 aliphatic heterocycles. The van der Waals surface area contributed by atoms with Crippen molar-refractivity contribution in [2.75, 3.05) is 5.32 Å². The van der Waals surface area contributed by atoms with Crippen LogP contribution in [-0.2, 0) is 0 Å². The topological polar surface area (TPSA) is 12.0 Å². The summed E-state index contributed by atoms with van der Waals surface area (Å²) in [7, 11) is 0. The molecule has 0 saturated heterocycles. The van der Waals surface area contributed by atoms with Crippen molar-refractivity contribution in [1.29, 1.82) is 0 Å². The highest BCUT2D eigenvalue weighted by atomic mass is 79.9. The summed E-state index contributed by atoms with van der Waals surface area (Å²) >= 11 is 3.51. The zero-order valence-corrected chi connectivity index (χ0v) is 12.6. The molecule has 1 aromatic carbocycles. The van der Waals surface area contributed by atoms with Crippen LogP contribution in [0.3, 0.4) is 0 Å². The summed E-state index contributed by atoms with van der Waals surface area (Å²) in [5, 5.41) is 3.69. The number of hydrogen-bond donors (Lipinski definition) is 1. The van der Waals surface area contributed by atoms with Crippen molar-refractivity contribution in [2.45, 2.75) is 52.5 Å². The monoisotopic (exact) mass is 295 g/mol. The van der Waals surface area contributed by atoms with Crippen LogP contribution in [0.4, 0.5) is 5.69 Å². The summed E-state index contributed by atoms with van der Waals surface area (Å²) in [4.78, 5) is 0.